The highest BCUT2D eigenvalue weighted by Crippen LogP contribution is 2.28. The first-order valence-electron chi connectivity index (χ1n) is 5.90. The van der Waals surface area contributed by atoms with Gasteiger partial charge in [-0.1, -0.05) is 18.2 Å². The number of halogens is 2. The quantitative estimate of drug-likeness (QED) is 0.646. The first-order valence-corrected chi connectivity index (χ1v) is 7.13. The van der Waals surface area contributed by atoms with E-state index in [0.717, 1.165) is 27.1 Å². The van der Waals surface area contributed by atoms with Crippen molar-refractivity contribution >= 4 is 38.7 Å². The van der Waals surface area contributed by atoms with Crippen LogP contribution in [0, 0.1) is 0 Å². The molecule has 0 aliphatic heterocycles. The predicted octanol–water partition coefficient (Wildman–Crippen LogP) is 4.48. The van der Waals surface area contributed by atoms with Crippen molar-refractivity contribution in [3.05, 3.63) is 52.9 Å². The van der Waals surface area contributed by atoms with Gasteiger partial charge in [0.05, 0.1) is 5.38 Å². The van der Waals surface area contributed by atoms with Crippen LogP contribution in [0.4, 0.5) is 0 Å². The third kappa shape index (κ3) is 2.26. The van der Waals surface area contributed by atoms with Crippen molar-refractivity contribution < 1.29 is 0 Å². The van der Waals surface area contributed by atoms with Gasteiger partial charge in [0.1, 0.15) is 11.3 Å². The zero-order valence-electron chi connectivity index (χ0n) is 10.2. The summed E-state index contributed by atoms with van der Waals surface area (Å²) in [6.45, 7) is 1.91. The Morgan fingerprint density at radius 1 is 1.26 bits per heavy atom. The first-order chi connectivity index (χ1) is 9.16. The average Bonchev–Trinajstić information content (AvgIpc) is 2.78. The van der Waals surface area contributed by atoms with Crippen LogP contribution in [-0.2, 0) is 0 Å². The maximum atomic E-state index is 6.25. The number of hydrogen-bond acceptors (Lipinski definition) is 2. The lowest BCUT2D eigenvalue weighted by Gasteiger charge is -2.09. The van der Waals surface area contributed by atoms with Crippen LogP contribution in [0.15, 0.2) is 47.1 Å². The molecule has 0 radical (unpaired) electrons. The van der Waals surface area contributed by atoms with Gasteiger partial charge in [-0.2, -0.15) is 0 Å². The summed E-state index contributed by atoms with van der Waals surface area (Å²) in [6.07, 6.45) is 1.77. The number of imidazole rings is 1. The summed E-state index contributed by atoms with van der Waals surface area (Å²) in [4.78, 5) is 9.04. The molecule has 3 nitrogen and oxygen atoms in total. The van der Waals surface area contributed by atoms with Crippen LogP contribution < -0.4 is 0 Å². The van der Waals surface area contributed by atoms with Crippen LogP contribution in [0.25, 0.3) is 16.9 Å². The van der Waals surface area contributed by atoms with Crippen LogP contribution >= 0.6 is 27.5 Å². The summed E-state index contributed by atoms with van der Waals surface area (Å²) < 4.78 is 2.91. The van der Waals surface area contributed by atoms with Crippen LogP contribution in [0.3, 0.4) is 0 Å². The summed E-state index contributed by atoms with van der Waals surface area (Å²) >= 11 is 9.66. The van der Waals surface area contributed by atoms with E-state index in [9.17, 15) is 0 Å². The highest BCUT2D eigenvalue weighted by Gasteiger charge is 2.17. The molecular weight excluding hydrogens is 326 g/mol. The minimum absolute atomic E-state index is 0.187. The summed E-state index contributed by atoms with van der Waals surface area (Å²) in [5.41, 5.74) is 2.67. The minimum atomic E-state index is -0.187. The number of benzene rings is 1. The maximum Gasteiger partial charge on any atom is 0.164 e. The van der Waals surface area contributed by atoms with Gasteiger partial charge in [0.25, 0.3) is 0 Å². The van der Waals surface area contributed by atoms with Crippen molar-refractivity contribution in [1.82, 2.24) is 14.5 Å². The number of fused-ring (bicyclic) bond motifs is 1. The Balaban J connectivity index is 2.35. The van der Waals surface area contributed by atoms with Crippen LogP contribution in [0.2, 0.25) is 0 Å². The van der Waals surface area contributed by atoms with E-state index in [-0.39, 0.29) is 5.38 Å². The smallest absolute Gasteiger partial charge is 0.164 e. The molecule has 0 bridgehead atoms. The summed E-state index contributed by atoms with van der Waals surface area (Å²) in [5.74, 6) is 0.800. The van der Waals surface area contributed by atoms with Gasteiger partial charge in [0.2, 0.25) is 0 Å². The fraction of sp³-hybridized carbons (Fsp3) is 0.143. The molecule has 2 aromatic heterocycles. The zero-order valence-corrected chi connectivity index (χ0v) is 12.6. The van der Waals surface area contributed by atoms with E-state index < -0.39 is 0 Å². The summed E-state index contributed by atoms with van der Waals surface area (Å²) in [5, 5.41) is -0.187. The second-order valence-corrected chi connectivity index (χ2v) is 5.82. The standard InChI is InChI=1S/C14H11BrClN3/c1-9(16)13-18-12-7-10(15)8-17-14(12)19(13)11-5-3-2-4-6-11/h2-9H,1H3. The van der Waals surface area contributed by atoms with Crippen molar-refractivity contribution in [2.24, 2.45) is 0 Å². The molecule has 0 aliphatic carbocycles. The molecule has 1 atom stereocenters. The lowest BCUT2D eigenvalue weighted by molar-refractivity contribution is 0.877. The molecule has 2 heterocycles. The molecule has 3 rings (SSSR count). The zero-order chi connectivity index (χ0) is 13.4. The van der Waals surface area contributed by atoms with E-state index in [2.05, 4.69) is 25.9 Å². The van der Waals surface area contributed by atoms with Gasteiger partial charge in [0, 0.05) is 16.4 Å². The Morgan fingerprint density at radius 3 is 2.68 bits per heavy atom. The number of alkyl halides is 1. The second kappa shape index (κ2) is 4.94. The highest BCUT2D eigenvalue weighted by atomic mass is 79.9. The lowest BCUT2D eigenvalue weighted by Crippen LogP contribution is -2.02. The molecule has 0 amide bonds. The average molecular weight is 337 g/mol. The molecule has 0 saturated carbocycles. The van der Waals surface area contributed by atoms with Crippen LogP contribution in [0.5, 0.6) is 0 Å². The Hall–Kier alpha value is -1.39. The Kier molecular flexibility index (Phi) is 3.29. The molecule has 3 aromatic rings. The molecule has 1 aromatic carbocycles. The SMILES string of the molecule is CC(Cl)c1nc2cc(Br)cnc2n1-c1ccccc1. The van der Waals surface area contributed by atoms with Gasteiger partial charge in [-0.25, -0.2) is 9.97 Å². The molecule has 0 spiro atoms. The van der Waals surface area contributed by atoms with Gasteiger partial charge in [-0.3, -0.25) is 4.57 Å². The Bertz CT molecular complexity index is 722. The van der Waals surface area contributed by atoms with E-state index in [1.165, 1.54) is 0 Å². The van der Waals surface area contributed by atoms with Gasteiger partial charge >= 0.3 is 0 Å². The predicted molar refractivity (Wildman–Crippen MR) is 80.8 cm³/mol. The molecule has 0 saturated heterocycles. The summed E-state index contributed by atoms with van der Waals surface area (Å²) in [7, 11) is 0. The van der Waals surface area contributed by atoms with Crippen molar-refractivity contribution in [2.75, 3.05) is 0 Å². The Labute approximate surface area is 124 Å². The number of hydrogen-bond donors (Lipinski definition) is 0. The molecule has 0 fully saturated rings. The number of rotatable bonds is 2. The van der Waals surface area contributed by atoms with Gasteiger partial charge in [-0.15, -0.1) is 11.6 Å². The van der Waals surface area contributed by atoms with Crippen molar-refractivity contribution in [2.45, 2.75) is 12.3 Å². The number of nitrogens with zero attached hydrogens (tertiary/aromatic N) is 3. The highest BCUT2D eigenvalue weighted by molar-refractivity contribution is 9.10. The second-order valence-electron chi connectivity index (χ2n) is 4.25. The fourth-order valence-electron chi connectivity index (χ4n) is 2.06. The molecular formula is C14H11BrClN3. The van der Waals surface area contributed by atoms with Crippen molar-refractivity contribution in [1.29, 1.82) is 0 Å². The normalized spacial score (nSPS) is 12.8. The monoisotopic (exact) mass is 335 g/mol. The molecule has 1 unspecified atom stereocenters. The Morgan fingerprint density at radius 2 is 2.00 bits per heavy atom. The van der Waals surface area contributed by atoms with E-state index in [1.807, 2.05) is 47.9 Å². The number of aromatic nitrogens is 3. The van der Waals surface area contributed by atoms with E-state index in [1.54, 1.807) is 6.20 Å². The minimum Gasteiger partial charge on any atom is -0.279 e. The molecule has 0 aliphatic rings. The first kappa shape index (κ1) is 12.6. The number of pyridine rings is 1. The molecule has 5 heteroatoms. The molecule has 96 valence electrons. The maximum absolute atomic E-state index is 6.25. The van der Waals surface area contributed by atoms with Crippen LogP contribution in [0.1, 0.15) is 18.1 Å². The van der Waals surface area contributed by atoms with Gasteiger partial charge in [-0.05, 0) is 41.1 Å². The van der Waals surface area contributed by atoms with Crippen molar-refractivity contribution in [3.63, 3.8) is 0 Å². The number of para-hydroxylation sites is 1. The van der Waals surface area contributed by atoms with Gasteiger partial charge in [0.15, 0.2) is 5.65 Å². The largest absolute Gasteiger partial charge is 0.279 e. The third-order valence-corrected chi connectivity index (χ3v) is 3.49. The third-order valence-electron chi connectivity index (χ3n) is 2.86. The summed E-state index contributed by atoms with van der Waals surface area (Å²) in [6, 6.07) is 12.0. The van der Waals surface area contributed by atoms with E-state index >= 15 is 0 Å². The fourth-order valence-corrected chi connectivity index (χ4v) is 2.52. The molecule has 19 heavy (non-hydrogen) atoms. The van der Waals surface area contributed by atoms with E-state index in [0.29, 0.717) is 0 Å². The topological polar surface area (TPSA) is 30.7 Å². The van der Waals surface area contributed by atoms with Crippen LogP contribution in [-0.4, -0.2) is 14.5 Å². The van der Waals surface area contributed by atoms with Gasteiger partial charge < -0.3 is 0 Å². The molecule has 0 N–H and O–H groups in total. The van der Waals surface area contributed by atoms with E-state index in [4.69, 9.17) is 11.6 Å². The lowest BCUT2D eigenvalue weighted by atomic mass is 10.3. The van der Waals surface area contributed by atoms with Crippen molar-refractivity contribution in [3.8, 4) is 5.69 Å².